The van der Waals surface area contributed by atoms with Crippen molar-refractivity contribution in [3.05, 3.63) is 191 Å². The Bertz CT molecular complexity index is 3850. The SMILES string of the molecule is N#Cc1ccc(-c2ccc3c(c2)c2ccccc2n3-c2ccc(C(F)(F)F)cc2-c2ccc(C#N)cc2-n2c3ccccc3c3cc(-c4ccc(C#N)cc4C#N)ccc32)c(C#N)c1. The van der Waals surface area contributed by atoms with Crippen molar-refractivity contribution in [1.82, 2.24) is 9.13 Å². The van der Waals surface area contributed by atoms with Crippen LogP contribution in [0.2, 0.25) is 0 Å². The topological polar surface area (TPSA) is 129 Å². The molecule has 0 aliphatic rings. The van der Waals surface area contributed by atoms with E-state index in [1.165, 1.54) is 6.07 Å². The van der Waals surface area contributed by atoms with Crippen molar-refractivity contribution in [2.45, 2.75) is 6.18 Å². The van der Waals surface area contributed by atoms with Crippen molar-refractivity contribution in [1.29, 1.82) is 26.3 Å². The molecule has 7 nitrogen and oxygen atoms in total. The van der Waals surface area contributed by atoms with Gasteiger partial charge in [0.05, 0.1) is 97.2 Å². The molecule has 0 radical (unpaired) electrons. The molecule has 2 heterocycles. The van der Waals surface area contributed by atoms with Crippen LogP contribution in [0.25, 0.3) is 88.4 Å². The maximum Gasteiger partial charge on any atom is 0.416 e. The van der Waals surface area contributed by atoms with E-state index in [1.54, 1.807) is 54.6 Å². The van der Waals surface area contributed by atoms with Gasteiger partial charge >= 0.3 is 6.18 Å². The second-order valence-corrected chi connectivity index (χ2v) is 15.2. The quantitative estimate of drug-likeness (QED) is 0.171. The van der Waals surface area contributed by atoms with Crippen molar-refractivity contribution >= 4 is 43.6 Å². The number of nitrogens with zero attached hydrogens (tertiary/aromatic N) is 7. The van der Waals surface area contributed by atoms with Gasteiger partial charge in [0.15, 0.2) is 0 Å². The highest BCUT2D eigenvalue weighted by Gasteiger charge is 2.32. The van der Waals surface area contributed by atoms with E-state index < -0.39 is 11.7 Å². The van der Waals surface area contributed by atoms with E-state index in [-0.39, 0.29) is 5.56 Å². The van der Waals surface area contributed by atoms with Crippen LogP contribution >= 0.6 is 0 Å². The van der Waals surface area contributed by atoms with Gasteiger partial charge in [0.1, 0.15) is 0 Å². The molecule has 0 aliphatic heterocycles. The Morgan fingerprint density at radius 1 is 0.359 bits per heavy atom. The van der Waals surface area contributed by atoms with Crippen molar-refractivity contribution in [3.63, 3.8) is 0 Å². The molecule has 0 fully saturated rings. The number of hydrogen-bond acceptors (Lipinski definition) is 5. The van der Waals surface area contributed by atoms with Gasteiger partial charge in [-0.15, -0.1) is 0 Å². The molecule has 10 aromatic rings. The van der Waals surface area contributed by atoms with Crippen LogP contribution in [0.5, 0.6) is 0 Å². The third-order valence-corrected chi connectivity index (χ3v) is 11.7. The summed E-state index contributed by atoms with van der Waals surface area (Å²) in [6.45, 7) is 0. The van der Waals surface area contributed by atoms with Crippen molar-refractivity contribution < 1.29 is 13.2 Å². The number of nitriles is 5. The molecule has 0 atom stereocenters. The van der Waals surface area contributed by atoms with Gasteiger partial charge in [-0.1, -0.05) is 66.7 Å². The molecule has 8 aromatic carbocycles. The van der Waals surface area contributed by atoms with Crippen LogP contribution in [0.15, 0.2) is 158 Å². The van der Waals surface area contributed by atoms with E-state index in [2.05, 4.69) is 30.3 Å². The standard InChI is InChI=1S/C54H26F3N7/c55-54(56,57)39-14-20-52(63-48-7-3-1-5-42(48)45-24-35(12-18-50(45)63)40-15-9-32(27-58)21-37(40)30-61)47(26-39)44-17-11-34(29-60)23-53(44)64-49-8-4-2-6-43(49)46-25-36(13-19-51(46)64)41-16-10-33(28-59)22-38(41)31-62/h1-26H. The summed E-state index contributed by atoms with van der Waals surface area (Å²) in [7, 11) is 0. The molecule has 0 saturated heterocycles. The number of hydrogen-bond donors (Lipinski definition) is 0. The monoisotopic (exact) mass is 829 g/mol. The van der Waals surface area contributed by atoms with Gasteiger partial charge in [-0.2, -0.15) is 39.5 Å². The highest BCUT2D eigenvalue weighted by molar-refractivity contribution is 6.13. The Morgan fingerprint density at radius 3 is 1.30 bits per heavy atom. The van der Waals surface area contributed by atoms with Gasteiger partial charge in [-0.05, 0) is 113 Å². The molecular weight excluding hydrogens is 804 g/mol. The van der Waals surface area contributed by atoms with Gasteiger partial charge in [0.25, 0.3) is 0 Å². The van der Waals surface area contributed by atoms with Crippen molar-refractivity contribution in [2.75, 3.05) is 0 Å². The molecule has 298 valence electrons. The summed E-state index contributed by atoms with van der Waals surface area (Å²) in [6, 6.07) is 56.1. The fraction of sp³-hybridized carbons (Fsp3) is 0.0185. The van der Waals surface area contributed by atoms with Crippen LogP contribution in [0, 0.1) is 56.7 Å². The highest BCUT2D eigenvalue weighted by atomic mass is 19.4. The third-order valence-electron chi connectivity index (χ3n) is 11.7. The first-order valence-electron chi connectivity index (χ1n) is 19.9. The predicted molar refractivity (Wildman–Crippen MR) is 240 cm³/mol. The molecule has 2 aromatic heterocycles. The normalized spacial score (nSPS) is 11.3. The molecule has 0 N–H and O–H groups in total. The summed E-state index contributed by atoms with van der Waals surface area (Å²) in [5.41, 5.74) is 8.12. The van der Waals surface area contributed by atoms with E-state index in [0.717, 1.165) is 55.8 Å². The van der Waals surface area contributed by atoms with Crippen LogP contribution in [-0.2, 0) is 6.18 Å². The van der Waals surface area contributed by atoms with Gasteiger partial charge in [0, 0.05) is 32.7 Å². The van der Waals surface area contributed by atoms with E-state index in [0.29, 0.717) is 66.9 Å². The van der Waals surface area contributed by atoms with Crippen LogP contribution in [0.1, 0.15) is 33.4 Å². The zero-order chi connectivity index (χ0) is 44.3. The van der Waals surface area contributed by atoms with E-state index in [4.69, 9.17) is 0 Å². The fourth-order valence-electron chi connectivity index (χ4n) is 8.85. The maximum atomic E-state index is 14.8. The average Bonchev–Trinajstić information content (AvgIpc) is 3.84. The summed E-state index contributed by atoms with van der Waals surface area (Å²) in [5, 5.41) is 52.5. The second kappa shape index (κ2) is 14.9. The number of aromatic nitrogens is 2. The average molecular weight is 830 g/mol. The van der Waals surface area contributed by atoms with Gasteiger partial charge < -0.3 is 9.13 Å². The number of fused-ring (bicyclic) bond motifs is 6. The number of rotatable bonds is 5. The van der Waals surface area contributed by atoms with E-state index in [9.17, 15) is 39.5 Å². The third kappa shape index (κ3) is 6.17. The van der Waals surface area contributed by atoms with E-state index in [1.807, 2.05) is 94.1 Å². The smallest absolute Gasteiger partial charge is 0.309 e. The Kier molecular flexibility index (Phi) is 9.06. The summed E-state index contributed by atoms with van der Waals surface area (Å²) in [6.07, 6.45) is -4.69. The summed E-state index contributed by atoms with van der Waals surface area (Å²) in [5.74, 6) is 0. The molecule has 0 spiro atoms. The van der Waals surface area contributed by atoms with Gasteiger partial charge in [0.2, 0.25) is 0 Å². The molecule has 0 saturated carbocycles. The number of para-hydroxylation sites is 2. The Labute approximate surface area is 363 Å². The Hall–Kier alpha value is -9.40. The zero-order valence-electron chi connectivity index (χ0n) is 33.3. The van der Waals surface area contributed by atoms with Crippen LogP contribution in [-0.4, -0.2) is 9.13 Å². The molecule has 0 aliphatic carbocycles. The number of alkyl halides is 3. The second-order valence-electron chi connectivity index (χ2n) is 15.2. The first-order chi connectivity index (χ1) is 31.1. The zero-order valence-corrected chi connectivity index (χ0v) is 33.3. The summed E-state index contributed by atoms with van der Waals surface area (Å²) < 4.78 is 48.4. The molecule has 0 bridgehead atoms. The molecule has 10 heteroatoms. The minimum atomic E-state index is -4.69. The Morgan fingerprint density at radius 2 is 0.812 bits per heavy atom. The minimum Gasteiger partial charge on any atom is -0.309 e. The van der Waals surface area contributed by atoms with E-state index >= 15 is 0 Å². The number of halogens is 3. The molecular formula is C54H26F3N7. The Balaban J connectivity index is 1.25. The van der Waals surface area contributed by atoms with Crippen molar-refractivity contribution in [3.8, 4) is 75.1 Å². The largest absolute Gasteiger partial charge is 0.416 e. The minimum absolute atomic E-state index is 0.263. The summed E-state index contributed by atoms with van der Waals surface area (Å²) in [4.78, 5) is 0. The summed E-state index contributed by atoms with van der Waals surface area (Å²) >= 11 is 0. The highest BCUT2D eigenvalue weighted by Crippen LogP contribution is 2.44. The molecule has 0 unspecified atom stereocenters. The van der Waals surface area contributed by atoms with Crippen molar-refractivity contribution in [2.24, 2.45) is 0 Å². The number of benzene rings is 8. The van der Waals surface area contributed by atoms with Crippen LogP contribution in [0.3, 0.4) is 0 Å². The van der Waals surface area contributed by atoms with Crippen LogP contribution < -0.4 is 0 Å². The first-order valence-corrected chi connectivity index (χ1v) is 19.9. The van der Waals surface area contributed by atoms with Gasteiger partial charge in [-0.3, -0.25) is 0 Å². The van der Waals surface area contributed by atoms with Gasteiger partial charge in [-0.25, -0.2) is 0 Å². The lowest BCUT2D eigenvalue weighted by Gasteiger charge is -2.20. The first kappa shape index (κ1) is 38.8. The van der Waals surface area contributed by atoms with Crippen LogP contribution in [0.4, 0.5) is 13.2 Å². The lowest BCUT2D eigenvalue weighted by molar-refractivity contribution is -0.137. The maximum absolute atomic E-state index is 14.8. The lowest BCUT2D eigenvalue weighted by Crippen LogP contribution is -2.08. The predicted octanol–water partition coefficient (Wildman–Crippen LogP) is 13.3. The molecule has 10 rings (SSSR count). The molecule has 0 amide bonds. The molecule has 64 heavy (non-hydrogen) atoms. The lowest BCUT2D eigenvalue weighted by atomic mass is 9.96. The fourth-order valence-corrected chi connectivity index (χ4v) is 8.85.